The van der Waals surface area contributed by atoms with Crippen LogP contribution in [0.4, 0.5) is 0 Å². The molecule has 1 aliphatic rings. The van der Waals surface area contributed by atoms with Crippen LogP contribution < -0.4 is 5.73 Å². The summed E-state index contributed by atoms with van der Waals surface area (Å²) in [5.74, 6) is 1.15. The number of nitrogens with two attached hydrogens (primary N) is 1. The lowest BCUT2D eigenvalue weighted by molar-refractivity contribution is -0.133. The monoisotopic (exact) mass is 330 g/mol. The van der Waals surface area contributed by atoms with Crippen molar-refractivity contribution >= 4 is 11.8 Å². The molecule has 0 aromatic heterocycles. The molecule has 1 saturated heterocycles. The van der Waals surface area contributed by atoms with Crippen molar-refractivity contribution in [1.82, 2.24) is 4.90 Å². The molecule has 2 N–H and O–H groups in total. The topological polar surface area (TPSA) is 63.4 Å². The highest BCUT2D eigenvalue weighted by molar-refractivity contribution is 5.76. The lowest BCUT2D eigenvalue weighted by atomic mass is 9.89. The van der Waals surface area contributed by atoms with Crippen molar-refractivity contribution in [3.8, 4) is 0 Å². The highest BCUT2D eigenvalue weighted by atomic mass is 16.2. The van der Waals surface area contributed by atoms with Crippen LogP contribution in [0, 0.1) is 11.8 Å². The minimum absolute atomic E-state index is 0.252. The number of amides is 2. The Morgan fingerprint density at radius 3 is 2.25 bits per heavy atom. The van der Waals surface area contributed by atoms with E-state index >= 15 is 0 Å². The first kappa shape index (κ1) is 18.5. The van der Waals surface area contributed by atoms with E-state index in [1.165, 1.54) is 5.56 Å². The van der Waals surface area contributed by atoms with Crippen LogP contribution in [0.25, 0.3) is 0 Å². The summed E-state index contributed by atoms with van der Waals surface area (Å²) >= 11 is 0. The summed E-state index contributed by atoms with van der Waals surface area (Å²) in [7, 11) is 0. The number of hydrogen-bond donors (Lipinski definition) is 1. The first-order valence-electron chi connectivity index (χ1n) is 9.08. The van der Waals surface area contributed by atoms with E-state index in [0.29, 0.717) is 37.0 Å². The molecule has 0 atom stereocenters. The average Bonchev–Trinajstić information content (AvgIpc) is 2.54. The molecule has 1 aromatic rings. The number of nitrogens with zero attached hydrogens (tertiary/aromatic N) is 1. The third-order valence-corrected chi connectivity index (χ3v) is 4.76. The summed E-state index contributed by atoms with van der Waals surface area (Å²) in [6, 6.07) is 8.51. The van der Waals surface area contributed by atoms with Gasteiger partial charge in [0.15, 0.2) is 0 Å². The van der Waals surface area contributed by atoms with Gasteiger partial charge in [-0.15, -0.1) is 0 Å². The van der Waals surface area contributed by atoms with Gasteiger partial charge in [0.2, 0.25) is 11.8 Å². The molecule has 0 bridgehead atoms. The Hall–Kier alpha value is -1.84. The Balaban J connectivity index is 1.77. The minimum atomic E-state index is -0.252. The van der Waals surface area contributed by atoms with Crippen LogP contribution >= 0.6 is 0 Å². The second-order valence-electron chi connectivity index (χ2n) is 7.41. The molecule has 4 nitrogen and oxygen atoms in total. The third-order valence-electron chi connectivity index (χ3n) is 4.76. The summed E-state index contributed by atoms with van der Waals surface area (Å²) in [6.07, 6.45) is 5.04. The van der Waals surface area contributed by atoms with Gasteiger partial charge in [-0.3, -0.25) is 9.59 Å². The van der Waals surface area contributed by atoms with E-state index in [2.05, 4.69) is 38.1 Å². The Kier molecular flexibility index (Phi) is 6.83. The predicted molar refractivity (Wildman–Crippen MR) is 96.4 cm³/mol. The zero-order chi connectivity index (χ0) is 17.5. The van der Waals surface area contributed by atoms with E-state index in [0.717, 1.165) is 37.9 Å². The van der Waals surface area contributed by atoms with Gasteiger partial charge in [-0.2, -0.15) is 0 Å². The number of primary amides is 1. The fourth-order valence-electron chi connectivity index (χ4n) is 3.31. The number of benzene rings is 1. The van der Waals surface area contributed by atoms with Crippen LogP contribution in [-0.2, 0) is 22.4 Å². The van der Waals surface area contributed by atoms with Crippen molar-refractivity contribution in [3.63, 3.8) is 0 Å². The molecule has 132 valence electrons. The van der Waals surface area contributed by atoms with Crippen LogP contribution in [0.3, 0.4) is 0 Å². The zero-order valence-electron chi connectivity index (χ0n) is 15.0. The predicted octanol–water partition coefficient (Wildman–Crippen LogP) is 2.93. The van der Waals surface area contributed by atoms with E-state index in [1.807, 2.05) is 4.90 Å². The Labute approximate surface area is 145 Å². The Bertz CT molecular complexity index is 543. The fraction of sp³-hybridized carbons (Fsp3) is 0.600. The van der Waals surface area contributed by atoms with Crippen molar-refractivity contribution in [2.45, 2.75) is 52.4 Å². The summed E-state index contributed by atoms with van der Waals surface area (Å²) in [5, 5.41) is 0. The summed E-state index contributed by atoms with van der Waals surface area (Å²) in [4.78, 5) is 25.0. The maximum atomic E-state index is 12.1. The molecule has 1 fully saturated rings. The number of hydrogen-bond acceptors (Lipinski definition) is 2. The van der Waals surface area contributed by atoms with Gasteiger partial charge in [0, 0.05) is 25.9 Å². The largest absolute Gasteiger partial charge is 0.370 e. The van der Waals surface area contributed by atoms with Crippen LogP contribution in [0.15, 0.2) is 24.3 Å². The highest BCUT2D eigenvalue weighted by Crippen LogP contribution is 2.23. The Morgan fingerprint density at radius 1 is 1.12 bits per heavy atom. The maximum Gasteiger partial charge on any atom is 0.222 e. The second-order valence-corrected chi connectivity index (χ2v) is 7.41. The van der Waals surface area contributed by atoms with Gasteiger partial charge >= 0.3 is 0 Å². The lowest BCUT2D eigenvalue weighted by Crippen LogP contribution is -2.39. The average molecular weight is 330 g/mol. The molecule has 2 rings (SSSR count). The molecule has 1 heterocycles. The molecular formula is C20H30N2O2. The number of rotatable bonds is 7. The summed E-state index contributed by atoms with van der Waals surface area (Å²) in [5.41, 5.74) is 7.68. The van der Waals surface area contributed by atoms with Crippen LogP contribution in [0.1, 0.15) is 50.7 Å². The first-order chi connectivity index (χ1) is 11.4. The molecular weight excluding hydrogens is 300 g/mol. The van der Waals surface area contributed by atoms with Gasteiger partial charge in [0.05, 0.1) is 0 Å². The molecule has 4 heteroatoms. The van der Waals surface area contributed by atoms with Gasteiger partial charge in [0.1, 0.15) is 0 Å². The molecule has 0 saturated carbocycles. The Morgan fingerprint density at radius 2 is 1.71 bits per heavy atom. The van der Waals surface area contributed by atoms with Gasteiger partial charge in [0.25, 0.3) is 0 Å². The number of carbonyl (C=O) groups is 2. The van der Waals surface area contributed by atoms with Gasteiger partial charge < -0.3 is 10.6 Å². The molecule has 0 spiro atoms. The molecule has 0 radical (unpaired) electrons. The minimum Gasteiger partial charge on any atom is -0.370 e. The van der Waals surface area contributed by atoms with Crippen LogP contribution in [0.5, 0.6) is 0 Å². The van der Waals surface area contributed by atoms with E-state index in [1.54, 1.807) is 0 Å². The number of piperidine rings is 1. The normalized spacial score (nSPS) is 15.7. The van der Waals surface area contributed by atoms with Crippen molar-refractivity contribution in [1.29, 1.82) is 0 Å². The molecule has 0 aliphatic carbocycles. The van der Waals surface area contributed by atoms with Crippen LogP contribution in [0.2, 0.25) is 0 Å². The SMILES string of the molecule is CC(C)CC(=O)N1CCC(Cc2ccc(CCC(N)=O)cc2)CC1. The smallest absolute Gasteiger partial charge is 0.222 e. The molecule has 2 amide bonds. The molecule has 0 unspecified atom stereocenters. The molecule has 24 heavy (non-hydrogen) atoms. The molecule has 1 aliphatic heterocycles. The third kappa shape index (κ3) is 5.99. The number of likely N-dealkylation sites (tertiary alicyclic amines) is 1. The lowest BCUT2D eigenvalue weighted by Gasteiger charge is -2.32. The quantitative estimate of drug-likeness (QED) is 0.835. The zero-order valence-corrected chi connectivity index (χ0v) is 15.0. The van der Waals surface area contributed by atoms with E-state index in [9.17, 15) is 9.59 Å². The van der Waals surface area contributed by atoms with E-state index in [4.69, 9.17) is 5.73 Å². The van der Waals surface area contributed by atoms with E-state index < -0.39 is 0 Å². The van der Waals surface area contributed by atoms with E-state index in [-0.39, 0.29) is 5.91 Å². The second kappa shape index (κ2) is 8.86. The summed E-state index contributed by atoms with van der Waals surface area (Å²) in [6.45, 7) is 5.98. The fourth-order valence-corrected chi connectivity index (χ4v) is 3.31. The maximum absolute atomic E-state index is 12.1. The first-order valence-corrected chi connectivity index (χ1v) is 9.08. The van der Waals surface area contributed by atoms with Crippen molar-refractivity contribution in [2.75, 3.05) is 13.1 Å². The van der Waals surface area contributed by atoms with Gasteiger partial charge in [-0.25, -0.2) is 0 Å². The summed E-state index contributed by atoms with van der Waals surface area (Å²) < 4.78 is 0. The van der Waals surface area contributed by atoms with Crippen molar-refractivity contribution < 1.29 is 9.59 Å². The number of carbonyl (C=O) groups excluding carboxylic acids is 2. The van der Waals surface area contributed by atoms with Crippen molar-refractivity contribution in [3.05, 3.63) is 35.4 Å². The van der Waals surface area contributed by atoms with Gasteiger partial charge in [-0.1, -0.05) is 38.1 Å². The molecule has 1 aromatic carbocycles. The van der Waals surface area contributed by atoms with Crippen LogP contribution in [-0.4, -0.2) is 29.8 Å². The standard InChI is InChI=1S/C20H30N2O2/c1-15(2)13-20(24)22-11-9-18(10-12-22)14-17-5-3-16(4-6-17)7-8-19(21)23/h3-6,15,18H,7-14H2,1-2H3,(H2,21,23). The van der Waals surface area contributed by atoms with Gasteiger partial charge in [-0.05, 0) is 48.6 Å². The van der Waals surface area contributed by atoms with Crippen molar-refractivity contribution in [2.24, 2.45) is 17.6 Å². The highest BCUT2D eigenvalue weighted by Gasteiger charge is 2.23. The number of aryl methyl sites for hydroxylation is 1.